The lowest BCUT2D eigenvalue weighted by atomic mass is 9.80. The quantitative estimate of drug-likeness (QED) is 0.458. The van der Waals surface area contributed by atoms with Crippen molar-refractivity contribution in [2.45, 2.75) is 31.3 Å². The molecule has 2 rings (SSSR count). The van der Waals surface area contributed by atoms with Gasteiger partial charge >= 0.3 is 6.03 Å². The predicted octanol–water partition coefficient (Wildman–Crippen LogP) is -0.360. The Balaban J connectivity index is 2.09. The summed E-state index contributed by atoms with van der Waals surface area (Å²) in [6.45, 7) is 0. The summed E-state index contributed by atoms with van der Waals surface area (Å²) in [5, 5.41) is 15.3. The fraction of sp³-hybridized carbons (Fsp3) is 0.750. The van der Waals surface area contributed by atoms with Gasteiger partial charge < -0.3 is 5.32 Å². The molecule has 1 heterocycles. The van der Waals surface area contributed by atoms with Gasteiger partial charge in [-0.1, -0.05) is 0 Å². The third kappa shape index (κ3) is 1.77. The monoisotopic (exact) mass is 213 g/mol. The molecular formula is C8H11N3O4. The molecule has 0 aromatic rings. The van der Waals surface area contributed by atoms with E-state index in [1.54, 1.807) is 0 Å². The van der Waals surface area contributed by atoms with Crippen LogP contribution in [0.4, 0.5) is 4.79 Å². The summed E-state index contributed by atoms with van der Waals surface area (Å²) in [6, 6.07) is -1.57. The minimum absolute atomic E-state index is 0.247. The van der Waals surface area contributed by atoms with Crippen LogP contribution < -0.4 is 10.6 Å². The van der Waals surface area contributed by atoms with Crippen LogP contribution in [0.2, 0.25) is 0 Å². The second-order valence-electron chi connectivity index (χ2n) is 3.93. The average molecular weight is 213 g/mol. The second kappa shape index (κ2) is 3.48. The summed E-state index contributed by atoms with van der Waals surface area (Å²) in [6.07, 6.45) is 1.11. The molecule has 1 aliphatic heterocycles. The maximum absolute atomic E-state index is 11.4. The van der Waals surface area contributed by atoms with Crippen molar-refractivity contribution < 1.29 is 14.5 Å². The standard InChI is InChI=1S/C8H11N3O4/c12-7-5-2-1-4(11(14)15)3-6(5)9-8(13)10-7/h4-6H,1-3H2,(H2,9,10,12,13). The fourth-order valence-corrected chi connectivity index (χ4v) is 2.22. The minimum Gasteiger partial charge on any atom is -0.334 e. The van der Waals surface area contributed by atoms with Gasteiger partial charge in [0.1, 0.15) is 0 Å². The second-order valence-corrected chi connectivity index (χ2v) is 3.93. The van der Waals surface area contributed by atoms with Gasteiger partial charge in [-0.3, -0.25) is 20.2 Å². The summed E-state index contributed by atoms with van der Waals surface area (Å²) in [5.74, 6) is -0.621. The predicted molar refractivity (Wildman–Crippen MR) is 48.6 cm³/mol. The third-order valence-corrected chi connectivity index (χ3v) is 3.01. The normalized spacial score (nSPS) is 35.1. The molecule has 2 fully saturated rings. The van der Waals surface area contributed by atoms with Crippen LogP contribution in [0, 0.1) is 16.0 Å². The van der Waals surface area contributed by atoms with E-state index in [1.165, 1.54) is 0 Å². The molecule has 2 aliphatic rings. The Morgan fingerprint density at radius 2 is 2.07 bits per heavy atom. The van der Waals surface area contributed by atoms with Gasteiger partial charge in [0, 0.05) is 23.8 Å². The van der Waals surface area contributed by atoms with E-state index in [4.69, 9.17) is 0 Å². The molecule has 3 atom stereocenters. The van der Waals surface area contributed by atoms with Crippen LogP contribution in [0.25, 0.3) is 0 Å². The Kier molecular flexibility index (Phi) is 2.29. The van der Waals surface area contributed by atoms with E-state index >= 15 is 0 Å². The molecule has 0 aromatic heterocycles. The van der Waals surface area contributed by atoms with Gasteiger partial charge in [-0.15, -0.1) is 0 Å². The number of rotatable bonds is 1. The Morgan fingerprint density at radius 1 is 1.33 bits per heavy atom. The van der Waals surface area contributed by atoms with Crippen molar-refractivity contribution in [2.24, 2.45) is 5.92 Å². The molecule has 15 heavy (non-hydrogen) atoms. The van der Waals surface area contributed by atoms with Crippen LogP contribution >= 0.6 is 0 Å². The minimum atomic E-state index is -0.641. The van der Waals surface area contributed by atoms with Gasteiger partial charge in [-0.2, -0.15) is 0 Å². The van der Waals surface area contributed by atoms with Crippen molar-refractivity contribution in [3.8, 4) is 0 Å². The van der Waals surface area contributed by atoms with E-state index in [1.807, 2.05) is 0 Å². The van der Waals surface area contributed by atoms with Crippen molar-refractivity contribution in [3.63, 3.8) is 0 Å². The molecule has 3 unspecified atom stereocenters. The van der Waals surface area contributed by atoms with Gasteiger partial charge in [0.25, 0.3) is 0 Å². The zero-order chi connectivity index (χ0) is 11.0. The Hall–Kier alpha value is -1.66. The highest BCUT2D eigenvalue weighted by atomic mass is 16.6. The molecule has 3 amide bonds. The van der Waals surface area contributed by atoms with Gasteiger partial charge in [0.2, 0.25) is 11.9 Å². The topological polar surface area (TPSA) is 101 Å². The maximum atomic E-state index is 11.4. The first-order valence-electron chi connectivity index (χ1n) is 4.83. The molecule has 1 aliphatic carbocycles. The SMILES string of the molecule is O=C1NC(=O)C2CCC([N+](=O)[O-])CC2N1. The number of nitro groups is 1. The number of imide groups is 1. The number of nitrogens with one attached hydrogen (secondary N) is 2. The van der Waals surface area contributed by atoms with Crippen LogP contribution in [-0.2, 0) is 4.79 Å². The average Bonchev–Trinajstić information content (AvgIpc) is 2.16. The number of fused-ring (bicyclic) bond motifs is 1. The largest absolute Gasteiger partial charge is 0.334 e. The summed E-state index contributed by atoms with van der Waals surface area (Å²) < 4.78 is 0. The smallest absolute Gasteiger partial charge is 0.321 e. The molecule has 1 saturated heterocycles. The number of nitrogens with zero attached hydrogens (tertiary/aromatic N) is 1. The van der Waals surface area contributed by atoms with Crippen LogP contribution in [0.3, 0.4) is 0 Å². The number of hydrogen-bond donors (Lipinski definition) is 2. The zero-order valence-electron chi connectivity index (χ0n) is 7.93. The van der Waals surface area contributed by atoms with E-state index in [9.17, 15) is 19.7 Å². The maximum Gasteiger partial charge on any atom is 0.321 e. The Labute approximate surface area is 85.4 Å². The van der Waals surface area contributed by atoms with E-state index in [-0.39, 0.29) is 29.2 Å². The molecule has 0 spiro atoms. The molecule has 0 aromatic carbocycles. The van der Waals surface area contributed by atoms with Crippen molar-refractivity contribution in [3.05, 3.63) is 10.1 Å². The first-order valence-corrected chi connectivity index (χ1v) is 4.83. The summed E-state index contributed by atoms with van der Waals surface area (Å²) in [5.41, 5.74) is 0. The Morgan fingerprint density at radius 3 is 2.73 bits per heavy atom. The van der Waals surface area contributed by atoms with Crippen LogP contribution in [-0.4, -0.2) is 28.9 Å². The van der Waals surface area contributed by atoms with Gasteiger partial charge in [-0.25, -0.2) is 4.79 Å². The highest BCUT2D eigenvalue weighted by Crippen LogP contribution is 2.28. The molecule has 1 saturated carbocycles. The van der Waals surface area contributed by atoms with E-state index < -0.39 is 12.1 Å². The van der Waals surface area contributed by atoms with Crippen LogP contribution in [0.1, 0.15) is 19.3 Å². The number of hydrogen-bond acceptors (Lipinski definition) is 4. The summed E-state index contributed by atoms with van der Waals surface area (Å²) in [4.78, 5) is 32.6. The molecule has 0 bridgehead atoms. The first kappa shape index (κ1) is 9.88. The summed E-state index contributed by atoms with van der Waals surface area (Å²) >= 11 is 0. The van der Waals surface area contributed by atoms with Crippen molar-refractivity contribution in [1.82, 2.24) is 10.6 Å². The van der Waals surface area contributed by atoms with Gasteiger partial charge in [0.15, 0.2) is 0 Å². The number of urea groups is 1. The van der Waals surface area contributed by atoms with Crippen molar-refractivity contribution >= 4 is 11.9 Å². The Bertz CT molecular complexity index is 330. The van der Waals surface area contributed by atoms with Gasteiger partial charge in [-0.05, 0) is 6.42 Å². The lowest BCUT2D eigenvalue weighted by Gasteiger charge is -2.35. The first-order chi connectivity index (χ1) is 7.08. The molecule has 7 nitrogen and oxygen atoms in total. The molecule has 82 valence electrons. The summed E-state index contributed by atoms with van der Waals surface area (Å²) in [7, 11) is 0. The highest BCUT2D eigenvalue weighted by Gasteiger charge is 2.43. The van der Waals surface area contributed by atoms with E-state index in [0.717, 1.165) is 0 Å². The number of amides is 3. The van der Waals surface area contributed by atoms with E-state index in [2.05, 4.69) is 10.6 Å². The van der Waals surface area contributed by atoms with E-state index in [0.29, 0.717) is 12.8 Å². The van der Waals surface area contributed by atoms with Crippen molar-refractivity contribution in [2.75, 3.05) is 0 Å². The lowest BCUT2D eigenvalue weighted by Crippen LogP contribution is -2.60. The molecule has 0 radical (unpaired) electrons. The third-order valence-electron chi connectivity index (χ3n) is 3.01. The van der Waals surface area contributed by atoms with Crippen molar-refractivity contribution in [1.29, 1.82) is 0 Å². The lowest BCUT2D eigenvalue weighted by molar-refractivity contribution is -0.527. The number of carbonyl (C=O) groups is 2. The number of carbonyl (C=O) groups excluding carboxylic acids is 2. The fourth-order valence-electron chi connectivity index (χ4n) is 2.22. The highest BCUT2D eigenvalue weighted by molar-refractivity contribution is 5.98. The van der Waals surface area contributed by atoms with Crippen LogP contribution in [0.15, 0.2) is 0 Å². The molecular weight excluding hydrogens is 202 g/mol. The molecule has 7 heteroatoms. The zero-order valence-corrected chi connectivity index (χ0v) is 7.93. The molecule has 2 N–H and O–H groups in total. The van der Waals surface area contributed by atoms with Crippen LogP contribution in [0.5, 0.6) is 0 Å². The van der Waals surface area contributed by atoms with Gasteiger partial charge in [0.05, 0.1) is 5.92 Å².